The summed E-state index contributed by atoms with van der Waals surface area (Å²) < 4.78 is 0. The van der Waals surface area contributed by atoms with Crippen LogP contribution in [0.5, 0.6) is 0 Å². The summed E-state index contributed by atoms with van der Waals surface area (Å²) in [5.41, 5.74) is -0.611. The Morgan fingerprint density at radius 1 is 1.62 bits per heavy atom. The highest BCUT2D eigenvalue weighted by Gasteiger charge is 2.21. The third kappa shape index (κ3) is 1.69. The summed E-state index contributed by atoms with van der Waals surface area (Å²) >= 11 is 10.9. The fourth-order valence-electron chi connectivity index (χ4n) is 0.691. The Hall–Kier alpha value is -1.38. The van der Waals surface area contributed by atoms with Gasteiger partial charge in [-0.2, -0.15) is 5.26 Å². The summed E-state index contributed by atoms with van der Waals surface area (Å²) in [7, 11) is 0. The normalized spacial score (nSPS) is 9.31. The van der Waals surface area contributed by atoms with E-state index in [2.05, 4.69) is 4.98 Å². The van der Waals surface area contributed by atoms with E-state index in [0.29, 0.717) is 0 Å². The van der Waals surface area contributed by atoms with Crippen molar-refractivity contribution in [2.24, 2.45) is 0 Å². The highest BCUT2D eigenvalue weighted by Crippen LogP contribution is 2.32. The predicted molar refractivity (Wildman–Crippen MR) is 45.6 cm³/mol. The highest BCUT2D eigenvalue weighted by molar-refractivity contribution is 6.38. The van der Waals surface area contributed by atoms with Crippen LogP contribution >= 0.6 is 23.2 Å². The van der Waals surface area contributed by atoms with Gasteiger partial charge in [0.2, 0.25) is 5.15 Å². The molecule has 0 fully saturated rings. The van der Waals surface area contributed by atoms with Crippen LogP contribution in [-0.2, 0) is 0 Å². The second-order valence-electron chi connectivity index (χ2n) is 1.99. The van der Waals surface area contributed by atoms with Crippen LogP contribution in [-0.4, -0.2) is 9.91 Å². The fraction of sp³-hybridized carbons (Fsp3) is 0. The van der Waals surface area contributed by atoms with E-state index in [9.17, 15) is 10.1 Å². The number of aromatic nitrogens is 1. The molecule has 0 aliphatic rings. The molecular formula is C6HCl2N3O2. The number of halogens is 2. The Balaban J connectivity index is 3.50. The van der Waals surface area contributed by atoms with Crippen LogP contribution in [0.4, 0.5) is 5.69 Å². The Labute approximate surface area is 82.7 Å². The lowest BCUT2D eigenvalue weighted by Gasteiger charge is -1.97. The molecule has 13 heavy (non-hydrogen) atoms. The van der Waals surface area contributed by atoms with E-state index in [1.165, 1.54) is 0 Å². The fourth-order valence-corrected chi connectivity index (χ4v) is 1.20. The van der Waals surface area contributed by atoms with Crippen molar-refractivity contribution < 1.29 is 4.92 Å². The Kier molecular flexibility index (Phi) is 2.66. The van der Waals surface area contributed by atoms with Crippen LogP contribution in [0, 0.1) is 21.4 Å². The van der Waals surface area contributed by atoms with Gasteiger partial charge in [0.05, 0.1) is 10.5 Å². The van der Waals surface area contributed by atoms with Crippen molar-refractivity contribution in [3.05, 3.63) is 32.1 Å². The molecule has 0 unspecified atom stereocenters. The van der Waals surface area contributed by atoms with Gasteiger partial charge in [0.15, 0.2) is 0 Å². The van der Waals surface area contributed by atoms with Crippen LogP contribution in [0.1, 0.15) is 5.56 Å². The number of nitro groups is 1. The first-order chi connectivity index (χ1) is 6.07. The maximum absolute atomic E-state index is 10.4. The third-order valence-corrected chi connectivity index (χ3v) is 1.91. The number of hydrogen-bond acceptors (Lipinski definition) is 4. The first kappa shape index (κ1) is 9.71. The topological polar surface area (TPSA) is 79.8 Å². The molecule has 7 heteroatoms. The second kappa shape index (κ2) is 3.56. The van der Waals surface area contributed by atoms with Gasteiger partial charge in [-0.05, 0) is 0 Å². The lowest BCUT2D eigenvalue weighted by atomic mass is 10.3. The van der Waals surface area contributed by atoms with Crippen molar-refractivity contribution in [1.82, 2.24) is 4.98 Å². The van der Waals surface area contributed by atoms with Crippen molar-refractivity contribution in [2.75, 3.05) is 0 Å². The molecule has 0 aliphatic carbocycles. The number of rotatable bonds is 1. The Bertz CT molecular complexity index is 413. The molecule has 0 spiro atoms. The quantitative estimate of drug-likeness (QED) is 0.411. The minimum absolute atomic E-state index is 0.0715. The van der Waals surface area contributed by atoms with Gasteiger partial charge in [0.1, 0.15) is 11.1 Å². The van der Waals surface area contributed by atoms with E-state index >= 15 is 0 Å². The molecule has 0 saturated carbocycles. The molecule has 1 rings (SSSR count). The monoisotopic (exact) mass is 217 g/mol. The molecule has 0 radical (unpaired) electrons. The van der Waals surface area contributed by atoms with Gasteiger partial charge in [0, 0.05) is 6.20 Å². The van der Waals surface area contributed by atoms with E-state index in [1.54, 1.807) is 6.07 Å². The number of nitrogens with zero attached hydrogens (tertiary/aromatic N) is 3. The molecule has 0 N–H and O–H groups in total. The summed E-state index contributed by atoms with van der Waals surface area (Å²) in [6.45, 7) is 0. The standard InChI is InChI=1S/C6HCl2N3O2/c7-4-3(1-9)2-10-6(8)5(4)11(12)13/h2H. The molecule has 1 heterocycles. The molecule has 0 bridgehead atoms. The minimum atomic E-state index is -0.779. The maximum atomic E-state index is 10.4. The van der Waals surface area contributed by atoms with Gasteiger partial charge in [0.25, 0.3) is 0 Å². The Morgan fingerprint density at radius 3 is 2.69 bits per heavy atom. The molecule has 66 valence electrons. The van der Waals surface area contributed by atoms with Crippen LogP contribution in [0.2, 0.25) is 10.2 Å². The zero-order valence-electron chi connectivity index (χ0n) is 5.99. The third-order valence-electron chi connectivity index (χ3n) is 1.25. The van der Waals surface area contributed by atoms with E-state index < -0.39 is 10.6 Å². The van der Waals surface area contributed by atoms with Gasteiger partial charge in [-0.3, -0.25) is 10.1 Å². The van der Waals surface area contributed by atoms with Crippen LogP contribution in [0.15, 0.2) is 6.20 Å². The van der Waals surface area contributed by atoms with Crippen molar-refractivity contribution in [2.45, 2.75) is 0 Å². The lowest BCUT2D eigenvalue weighted by Crippen LogP contribution is -1.94. The summed E-state index contributed by atoms with van der Waals surface area (Å²) in [5.74, 6) is 0. The predicted octanol–water partition coefficient (Wildman–Crippen LogP) is 2.17. The molecule has 0 aromatic carbocycles. The Morgan fingerprint density at radius 2 is 2.23 bits per heavy atom. The van der Waals surface area contributed by atoms with Crippen molar-refractivity contribution >= 4 is 28.9 Å². The first-order valence-electron chi connectivity index (χ1n) is 2.96. The van der Waals surface area contributed by atoms with Crippen LogP contribution in [0.3, 0.4) is 0 Å². The molecule has 1 aromatic heterocycles. The van der Waals surface area contributed by atoms with Crippen LogP contribution < -0.4 is 0 Å². The number of pyridine rings is 1. The molecule has 0 atom stereocenters. The minimum Gasteiger partial charge on any atom is -0.258 e. The van der Waals surface area contributed by atoms with Crippen molar-refractivity contribution in [1.29, 1.82) is 5.26 Å². The van der Waals surface area contributed by atoms with Crippen molar-refractivity contribution in [3.63, 3.8) is 0 Å². The summed E-state index contributed by atoms with van der Waals surface area (Å²) in [5, 5.41) is 18.3. The molecule has 0 amide bonds. The summed E-state index contributed by atoms with van der Waals surface area (Å²) in [4.78, 5) is 13.1. The van der Waals surface area contributed by atoms with Gasteiger partial charge in [-0.25, -0.2) is 4.98 Å². The maximum Gasteiger partial charge on any atom is 0.326 e. The van der Waals surface area contributed by atoms with Gasteiger partial charge >= 0.3 is 5.69 Å². The summed E-state index contributed by atoms with van der Waals surface area (Å²) in [6, 6.07) is 1.66. The highest BCUT2D eigenvalue weighted by atomic mass is 35.5. The molecule has 0 saturated heterocycles. The van der Waals surface area contributed by atoms with Gasteiger partial charge in [-0.1, -0.05) is 23.2 Å². The first-order valence-corrected chi connectivity index (χ1v) is 3.72. The molecule has 1 aromatic rings. The zero-order chi connectivity index (χ0) is 10.0. The van der Waals surface area contributed by atoms with Gasteiger partial charge < -0.3 is 0 Å². The van der Waals surface area contributed by atoms with Gasteiger partial charge in [-0.15, -0.1) is 0 Å². The number of nitriles is 1. The van der Waals surface area contributed by atoms with Crippen molar-refractivity contribution in [3.8, 4) is 6.07 Å². The average Bonchev–Trinajstić information content (AvgIpc) is 2.04. The molecule has 0 aliphatic heterocycles. The van der Waals surface area contributed by atoms with E-state index in [-0.39, 0.29) is 15.7 Å². The van der Waals surface area contributed by atoms with E-state index in [0.717, 1.165) is 6.20 Å². The SMILES string of the molecule is N#Cc1cnc(Cl)c([N+](=O)[O-])c1Cl. The number of hydrogen-bond donors (Lipinski definition) is 0. The molecular weight excluding hydrogens is 217 g/mol. The second-order valence-corrected chi connectivity index (χ2v) is 2.73. The average molecular weight is 218 g/mol. The van der Waals surface area contributed by atoms with E-state index in [4.69, 9.17) is 28.5 Å². The van der Waals surface area contributed by atoms with Crippen LogP contribution in [0.25, 0.3) is 0 Å². The summed E-state index contributed by atoms with van der Waals surface area (Å²) in [6.07, 6.45) is 1.08. The zero-order valence-corrected chi connectivity index (χ0v) is 7.50. The molecule has 5 nitrogen and oxygen atoms in total. The smallest absolute Gasteiger partial charge is 0.258 e. The largest absolute Gasteiger partial charge is 0.326 e. The lowest BCUT2D eigenvalue weighted by molar-refractivity contribution is -0.384. The van der Waals surface area contributed by atoms with E-state index in [1.807, 2.05) is 0 Å².